The Labute approximate surface area is 32.0 Å². The van der Waals surface area contributed by atoms with Crippen molar-refractivity contribution in [2.75, 3.05) is 0 Å². The quantitative estimate of drug-likeness (QED) is 0.272. The van der Waals surface area contributed by atoms with Crippen LogP contribution in [0.5, 0.6) is 0 Å². The van der Waals surface area contributed by atoms with Gasteiger partial charge in [-0.05, 0) is 0 Å². The lowest BCUT2D eigenvalue weighted by Gasteiger charge is -2.05. The fourth-order valence-electron chi connectivity index (χ4n) is 0.0340. The van der Waals surface area contributed by atoms with Crippen molar-refractivity contribution in [1.29, 1.82) is 0 Å². The van der Waals surface area contributed by atoms with E-state index in [1.165, 1.54) is 22.1 Å². The van der Waals surface area contributed by atoms with E-state index in [0.717, 1.165) is 0 Å². The molecule has 0 aromatic carbocycles. The van der Waals surface area contributed by atoms with Crippen LogP contribution in [-0.4, -0.2) is 0 Å². The molecule has 1 heterocycles. The highest BCUT2D eigenvalue weighted by atomic mass is 33.1. The summed E-state index contributed by atoms with van der Waals surface area (Å²) in [7, 11) is 1.48. The molecule has 1 aliphatic heterocycles. The minimum Gasteiger partial charge on any atom is -0.207 e. The molecule has 0 unspecified atom stereocenters. The van der Waals surface area contributed by atoms with Crippen LogP contribution >= 0.6 is 22.1 Å². The molecule has 0 aromatic heterocycles. The van der Waals surface area contributed by atoms with Crippen molar-refractivity contribution in [3.8, 4) is 0 Å². The Balaban J connectivity index is 2.00. The first-order valence-corrected chi connectivity index (χ1v) is 2.82. The van der Waals surface area contributed by atoms with Gasteiger partial charge in [-0.2, -0.15) is 0 Å². The van der Waals surface area contributed by atoms with Gasteiger partial charge in [-0.1, -0.05) is 0 Å². The van der Waals surface area contributed by atoms with Gasteiger partial charge >= 0.3 is 0 Å². The summed E-state index contributed by atoms with van der Waals surface area (Å²) in [6.07, 6.45) is 0. The van der Waals surface area contributed by atoms with Crippen LogP contribution in [0, 0.1) is 0 Å². The fraction of sp³-hybridized carbons (Fsp3) is 0. The van der Waals surface area contributed by atoms with Crippen molar-refractivity contribution in [2.45, 2.75) is 0 Å². The van der Waals surface area contributed by atoms with E-state index in [9.17, 15) is 0 Å². The molecule has 2 nitrogen and oxygen atoms in total. The standard InChI is InChI=1S/HNOS2/c1-2-4-3-1/h1H. The maximum atomic E-state index is 4.35. The summed E-state index contributed by atoms with van der Waals surface area (Å²) in [5.41, 5.74) is 0. The Kier molecular flexibility index (Phi) is 0.826. The fourth-order valence-corrected chi connectivity index (χ4v) is 0.306. The Hall–Kier alpha value is 0.620. The van der Waals surface area contributed by atoms with Crippen LogP contribution in [0.3, 0.4) is 0 Å². The first-order valence-electron chi connectivity index (χ1n) is 0.742. The summed E-state index contributed by atoms with van der Waals surface area (Å²) in [4.78, 5) is 2.49. The minimum absolute atomic E-state index is 1.34. The number of hydrogen-bond acceptors (Lipinski definition) is 4. The second kappa shape index (κ2) is 1.16. The normalized spacial score (nSPS) is 24.0. The van der Waals surface area contributed by atoms with E-state index in [1.807, 2.05) is 0 Å². The lowest BCUT2D eigenvalue weighted by atomic mass is 13.5. The van der Waals surface area contributed by atoms with E-state index in [0.29, 0.717) is 0 Å². The third kappa shape index (κ3) is 0.322. The van der Waals surface area contributed by atoms with Crippen molar-refractivity contribution < 1.29 is 4.28 Å². The molecule has 1 fully saturated rings. The maximum Gasteiger partial charge on any atom is 0.106 e. The van der Waals surface area contributed by atoms with Crippen LogP contribution < -0.4 is 4.89 Å². The van der Waals surface area contributed by atoms with Crippen molar-refractivity contribution in [3.63, 3.8) is 0 Å². The van der Waals surface area contributed by atoms with Crippen molar-refractivity contribution >= 4 is 22.1 Å². The van der Waals surface area contributed by atoms with Crippen molar-refractivity contribution in [2.24, 2.45) is 0 Å². The molecule has 0 saturated carbocycles. The highest BCUT2D eigenvalue weighted by molar-refractivity contribution is 8.76. The van der Waals surface area contributed by atoms with Gasteiger partial charge < -0.3 is 0 Å². The largest absolute Gasteiger partial charge is 0.207 e. The molecule has 0 amide bonds. The van der Waals surface area contributed by atoms with Gasteiger partial charge in [0.25, 0.3) is 0 Å². The van der Waals surface area contributed by atoms with E-state index < -0.39 is 0 Å². The topological polar surface area (TPSA) is 21.3 Å². The minimum atomic E-state index is 1.34. The summed E-state index contributed by atoms with van der Waals surface area (Å²) in [6.45, 7) is 0. The third-order valence-corrected chi connectivity index (χ3v) is 1.22. The van der Waals surface area contributed by atoms with Gasteiger partial charge in [-0.15, -0.1) is 4.89 Å². The molecule has 4 heavy (non-hydrogen) atoms. The second-order valence-electron chi connectivity index (χ2n) is 0.318. The summed E-state index contributed by atoms with van der Waals surface area (Å²) < 4.78 is 4.35. The van der Waals surface area contributed by atoms with E-state index >= 15 is 0 Å². The highest BCUT2D eigenvalue weighted by Gasteiger charge is 1.97. The SMILES string of the molecule is N1OSS1. The molecule has 4 heteroatoms. The van der Waals surface area contributed by atoms with Gasteiger partial charge in [-0.3, -0.25) is 0 Å². The van der Waals surface area contributed by atoms with E-state index in [-0.39, 0.29) is 0 Å². The van der Waals surface area contributed by atoms with E-state index in [2.05, 4.69) is 9.17 Å². The van der Waals surface area contributed by atoms with Gasteiger partial charge in [0.15, 0.2) is 0 Å². The first-order chi connectivity index (χ1) is 2.00. The zero-order valence-electron chi connectivity index (χ0n) is 1.72. The van der Waals surface area contributed by atoms with Gasteiger partial charge in [0.05, 0.1) is 0 Å². The van der Waals surface area contributed by atoms with E-state index in [4.69, 9.17) is 0 Å². The zero-order chi connectivity index (χ0) is 2.83. The van der Waals surface area contributed by atoms with Crippen LogP contribution in [0.4, 0.5) is 0 Å². The van der Waals surface area contributed by atoms with Crippen LogP contribution in [0.1, 0.15) is 0 Å². The molecule has 0 bridgehead atoms. The van der Waals surface area contributed by atoms with Gasteiger partial charge in [0.1, 0.15) is 11.1 Å². The molecular weight excluding hydrogens is 94.1 g/mol. The lowest BCUT2D eigenvalue weighted by molar-refractivity contribution is 0.333. The van der Waals surface area contributed by atoms with Crippen molar-refractivity contribution in [3.05, 3.63) is 0 Å². The van der Waals surface area contributed by atoms with Crippen LogP contribution in [0.25, 0.3) is 0 Å². The van der Waals surface area contributed by atoms with E-state index in [1.54, 1.807) is 0 Å². The van der Waals surface area contributed by atoms with Crippen LogP contribution in [0.15, 0.2) is 0 Å². The molecule has 1 saturated heterocycles. The molecule has 1 N–H and O–H groups in total. The lowest BCUT2D eigenvalue weighted by Crippen LogP contribution is -2.03. The molecule has 0 atom stereocenters. The first kappa shape index (κ1) is 2.84. The number of rotatable bonds is 0. The Morgan fingerprint density at radius 3 is 2.00 bits per heavy atom. The van der Waals surface area contributed by atoms with Gasteiger partial charge in [0.2, 0.25) is 0 Å². The second-order valence-corrected chi connectivity index (χ2v) is 1.86. The van der Waals surface area contributed by atoms with Gasteiger partial charge in [0, 0.05) is 11.0 Å². The summed E-state index contributed by atoms with van der Waals surface area (Å²) in [5, 5.41) is 0. The predicted molar refractivity (Wildman–Crippen MR) is 19.4 cm³/mol. The average molecular weight is 95.1 g/mol. The smallest absolute Gasteiger partial charge is 0.106 e. The molecule has 0 aromatic rings. The average Bonchev–Trinajstić information content (AvgIpc) is 0.722. The molecular formula is HNOS2. The van der Waals surface area contributed by atoms with Crippen LogP contribution in [0.2, 0.25) is 0 Å². The highest BCUT2D eigenvalue weighted by Crippen LogP contribution is 2.27. The summed E-state index contributed by atoms with van der Waals surface area (Å²) >= 11 is 1.34. The molecule has 0 aliphatic carbocycles. The summed E-state index contributed by atoms with van der Waals surface area (Å²) in [5.74, 6) is 0. The summed E-state index contributed by atoms with van der Waals surface area (Å²) in [6, 6.07) is 0. The van der Waals surface area contributed by atoms with Gasteiger partial charge in [-0.25, -0.2) is 4.28 Å². The number of hydrogen-bond donors (Lipinski definition) is 1. The number of nitrogens with one attached hydrogen (secondary N) is 1. The maximum absolute atomic E-state index is 4.35. The molecule has 0 radical (unpaired) electrons. The molecule has 24 valence electrons. The molecule has 1 aliphatic rings. The van der Waals surface area contributed by atoms with Crippen molar-refractivity contribution in [1.82, 2.24) is 4.89 Å². The Morgan fingerprint density at radius 1 is 1.75 bits per heavy atom. The Morgan fingerprint density at radius 2 is 2.00 bits per heavy atom. The molecule has 0 spiro atoms. The Bertz CT molecular complexity index is 14.0. The monoisotopic (exact) mass is 94.9 g/mol. The predicted octanol–water partition coefficient (Wildman–Crippen LogP) is 0.733. The molecule has 1 rings (SSSR count). The van der Waals surface area contributed by atoms with Crippen LogP contribution in [-0.2, 0) is 4.28 Å². The third-order valence-electron chi connectivity index (χ3n) is 0.136. The zero-order valence-corrected chi connectivity index (χ0v) is 3.36.